The first-order valence-corrected chi connectivity index (χ1v) is 10.8. The van der Waals surface area contributed by atoms with Gasteiger partial charge in [-0.2, -0.15) is 4.31 Å². The van der Waals surface area contributed by atoms with E-state index in [4.69, 9.17) is 9.26 Å². The molecule has 1 N–H and O–H groups in total. The maximum absolute atomic E-state index is 12.8. The number of aryl methyl sites for hydroxylation is 1. The van der Waals surface area contributed by atoms with E-state index in [2.05, 4.69) is 10.5 Å². The van der Waals surface area contributed by atoms with E-state index in [1.165, 1.54) is 19.9 Å². The lowest BCUT2D eigenvalue weighted by molar-refractivity contribution is -0.157. The van der Waals surface area contributed by atoms with Gasteiger partial charge in [-0.15, -0.1) is 0 Å². The lowest BCUT2D eigenvalue weighted by atomic mass is 9.96. The minimum Gasteiger partial charge on any atom is -0.451 e. The molecule has 2 heterocycles. The summed E-state index contributed by atoms with van der Waals surface area (Å²) in [5.41, 5.74) is 1.73. The van der Waals surface area contributed by atoms with Gasteiger partial charge < -0.3 is 14.6 Å². The number of nitrogens with one attached hydrogen (secondary N) is 1. The molecule has 1 aromatic carbocycles. The molecule has 29 heavy (non-hydrogen) atoms. The molecular weight excluding hydrogens is 398 g/mol. The molecule has 0 bridgehead atoms. The number of esters is 1. The number of fused-ring (bicyclic) bond motifs is 1. The fourth-order valence-corrected chi connectivity index (χ4v) is 4.33. The van der Waals surface area contributed by atoms with Crippen LogP contribution >= 0.6 is 0 Å². The number of hydrogen-bond acceptors (Lipinski definition) is 7. The fraction of sp³-hybridized carbons (Fsp3) is 0.421. The van der Waals surface area contributed by atoms with Crippen molar-refractivity contribution in [3.63, 3.8) is 0 Å². The predicted molar refractivity (Wildman–Crippen MR) is 104 cm³/mol. The second kappa shape index (κ2) is 8.34. The third-order valence-electron chi connectivity index (χ3n) is 4.74. The fourth-order valence-electron chi connectivity index (χ4n) is 3.12. The van der Waals surface area contributed by atoms with Crippen molar-refractivity contribution in [2.45, 2.75) is 45.9 Å². The summed E-state index contributed by atoms with van der Waals surface area (Å²) in [5, 5.41) is 6.14. The Labute approximate surface area is 169 Å². The Morgan fingerprint density at radius 1 is 1.34 bits per heavy atom. The molecule has 2 aromatic rings. The summed E-state index contributed by atoms with van der Waals surface area (Å²) in [4.78, 5) is 25.1. The van der Waals surface area contributed by atoms with E-state index in [1.807, 2.05) is 24.3 Å². The number of hydrogen-bond donors (Lipinski definition) is 1. The molecule has 1 aromatic heterocycles. The monoisotopic (exact) mass is 421 g/mol. The van der Waals surface area contributed by atoms with Gasteiger partial charge in [-0.25, -0.2) is 8.42 Å². The molecule has 10 heteroatoms. The quantitative estimate of drug-likeness (QED) is 0.704. The molecule has 0 unspecified atom stereocenters. The molecule has 0 fully saturated rings. The van der Waals surface area contributed by atoms with Crippen molar-refractivity contribution in [2.75, 3.05) is 11.1 Å². The second-order valence-electron chi connectivity index (χ2n) is 6.83. The van der Waals surface area contributed by atoms with Crippen LogP contribution in [0.2, 0.25) is 0 Å². The third kappa shape index (κ3) is 4.65. The SMILES string of the molecule is CCS(=O)(=O)N1Cc2ccccc2C[C@H]1C(=O)O[C@H](C)C(=O)Nc1cc(C)on1. The van der Waals surface area contributed by atoms with E-state index < -0.39 is 34.0 Å². The maximum Gasteiger partial charge on any atom is 0.325 e. The molecule has 0 radical (unpaired) electrons. The highest BCUT2D eigenvalue weighted by Gasteiger charge is 2.39. The van der Waals surface area contributed by atoms with Gasteiger partial charge in [0.15, 0.2) is 11.9 Å². The van der Waals surface area contributed by atoms with Gasteiger partial charge in [0, 0.05) is 19.0 Å². The van der Waals surface area contributed by atoms with Crippen molar-refractivity contribution < 1.29 is 27.3 Å². The Morgan fingerprint density at radius 2 is 2.03 bits per heavy atom. The summed E-state index contributed by atoms with van der Waals surface area (Å²) in [5.74, 6) is -0.771. The summed E-state index contributed by atoms with van der Waals surface area (Å²) in [6.07, 6.45) is -0.951. The van der Waals surface area contributed by atoms with Gasteiger partial charge in [-0.1, -0.05) is 29.4 Å². The van der Waals surface area contributed by atoms with Gasteiger partial charge in [0.25, 0.3) is 5.91 Å². The normalized spacial score (nSPS) is 18.0. The number of nitrogens with zero attached hydrogens (tertiary/aromatic N) is 2. The van der Waals surface area contributed by atoms with E-state index in [9.17, 15) is 18.0 Å². The zero-order chi connectivity index (χ0) is 21.2. The molecule has 1 aliphatic heterocycles. The van der Waals surface area contributed by atoms with Crippen LogP contribution in [0.5, 0.6) is 0 Å². The van der Waals surface area contributed by atoms with Crippen molar-refractivity contribution in [2.24, 2.45) is 0 Å². The van der Waals surface area contributed by atoms with Crippen molar-refractivity contribution in [1.29, 1.82) is 0 Å². The topological polar surface area (TPSA) is 119 Å². The Hall–Kier alpha value is -2.72. The third-order valence-corrected chi connectivity index (χ3v) is 6.57. The van der Waals surface area contributed by atoms with E-state index in [0.29, 0.717) is 5.76 Å². The van der Waals surface area contributed by atoms with Crippen LogP contribution in [0, 0.1) is 6.92 Å². The Kier molecular flexibility index (Phi) is 6.04. The smallest absolute Gasteiger partial charge is 0.325 e. The van der Waals surface area contributed by atoms with Crippen LogP contribution in [-0.2, 0) is 37.3 Å². The molecular formula is C19H23N3O6S. The summed E-state index contributed by atoms with van der Waals surface area (Å²) >= 11 is 0. The van der Waals surface area contributed by atoms with E-state index in [0.717, 1.165) is 15.4 Å². The number of amides is 1. The molecule has 1 amide bonds. The second-order valence-corrected chi connectivity index (χ2v) is 9.04. The van der Waals surface area contributed by atoms with Gasteiger partial charge in [-0.3, -0.25) is 9.59 Å². The summed E-state index contributed by atoms with van der Waals surface area (Å²) < 4.78 is 36.5. The van der Waals surface area contributed by atoms with Crippen molar-refractivity contribution in [1.82, 2.24) is 9.46 Å². The van der Waals surface area contributed by atoms with Crippen molar-refractivity contribution in [3.05, 3.63) is 47.2 Å². The van der Waals surface area contributed by atoms with Crippen LogP contribution in [0.4, 0.5) is 5.82 Å². The Bertz CT molecular complexity index is 1020. The van der Waals surface area contributed by atoms with Crippen LogP contribution in [0.3, 0.4) is 0 Å². The van der Waals surface area contributed by atoms with Gasteiger partial charge >= 0.3 is 5.97 Å². The first-order valence-electron chi connectivity index (χ1n) is 9.22. The zero-order valence-electron chi connectivity index (χ0n) is 16.4. The standard InChI is InChI=1S/C19H23N3O6S/c1-4-29(25,26)22-11-15-8-6-5-7-14(15)10-16(22)19(24)27-13(3)18(23)20-17-9-12(2)28-21-17/h5-9,13,16H,4,10-11H2,1-3H3,(H,20,21,23)/t13-,16+/m1/s1. The van der Waals surface area contributed by atoms with Gasteiger partial charge in [0.05, 0.1) is 5.75 Å². The Morgan fingerprint density at radius 3 is 2.66 bits per heavy atom. The number of ether oxygens (including phenoxy) is 1. The number of benzene rings is 1. The van der Waals surface area contributed by atoms with Crippen LogP contribution in [0.15, 0.2) is 34.9 Å². The number of anilines is 1. The maximum atomic E-state index is 12.8. The van der Waals surface area contributed by atoms with Gasteiger partial charge in [0.2, 0.25) is 10.0 Å². The number of carbonyl (C=O) groups excluding carboxylic acids is 2. The highest BCUT2D eigenvalue weighted by atomic mass is 32.2. The van der Waals surface area contributed by atoms with Crippen LogP contribution in [-0.4, -0.2) is 47.7 Å². The largest absolute Gasteiger partial charge is 0.451 e. The molecule has 0 saturated heterocycles. The first-order chi connectivity index (χ1) is 13.7. The molecule has 1 aliphatic rings. The lowest BCUT2D eigenvalue weighted by Gasteiger charge is -2.34. The minimum atomic E-state index is -3.65. The number of sulfonamides is 1. The van der Waals surface area contributed by atoms with Crippen LogP contribution < -0.4 is 5.32 Å². The van der Waals surface area contributed by atoms with Gasteiger partial charge in [-0.05, 0) is 31.9 Å². The van der Waals surface area contributed by atoms with Crippen molar-refractivity contribution >= 4 is 27.7 Å². The van der Waals surface area contributed by atoms with Crippen LogP contribution in [0.25, 0.3) is 0 Å². The van der Waals surface area contributed by atoms with E-state index in [1.54, 1.807) is 6.92 Å². The number of carbonyl (C=O) groups is 2. The molecule has 0 spiro atoms. The highest BCUT2D eigenvalue weighted by molar-refractivity contribution is 7.89. The molecule has 0 aliphatic carbocycles. The summed E-state index contributed by atoms with van der Waals surface area (Å²) in [7, 11) is -3.65. The van der Waals surface area contributed by atoms with E-state index in [-0.39, 0.29) is 24.5 Å². The lowest BCUT2D eigenvalue weighted by Crippen LogP contribution is -2.50. The molecule has 3 rings (SSSR count). The summed E-state index contributed by atoms with van der Waals surface area (Å²) in [6, 6.07) is 7.85. The van der Waals surface area contributed by atoms with Crippen LogP contribution in [0.1, 0.15) is 30.7 Å². The molecule has 0 saturated carbocycles. The summed E-state index contributed by atoms with van der Waals surface area (Å²) in [6.45, 7) is 4.70. The number of rotatable bonds is 6. The van der Waals surface area contributed by atoms with Gasteiger partial charge in [0.1, 0.15) is 11.8 Å². The highest BCUT2D eigenvalue weighted by Crippen LogP contribution is 2.27. The average molecular weight is 421 g/mol. The van der Waals surface area contributed by atoms with E-state index >= 15 is 0 Å². The van der Waals surface area contributed by atoms with Crippen molar-refractivity contribution in [3.8, 4) is 0 Å². The average Bonchev–Trinajstić information content (AvgIpc) is 3.11. The zero-order valence-corrected chi connectivity index (χ0v) is 17.2. The Balaban J connectivity index is 1.75. The molecule has 2 atom stereocenters. The number of aromatic nitrogens is 1. The molecule has 156 valence electrons. The first kappa shape index (κ1) is 21.0. The molecule has 9 nitrogen and oxygen atoms in total. The predicted octanol–water partition coefficient (Wildman–Crippen LogP) is 1.63. The minimum absolute atomic E-state index is 0.0882.